The number of rotatable bonds is 2. The largest absolute Gasteiger partial charge is 0.246 e. The van der Waals surface area contributed by atoms with Crippen LogP contribution < -0.4 is 0 Å². The van der Waals surface area contributed by atoms with E-state index in [0.717, 1.165) is 6.42 Å². The summed E-state index contributed by atoms with van der Waals surface area (Å²) in [6.07, 6.45) is 1.07. The zero-order valence-corrected chi connectivity index (χ0v) is 8.46. The first-order chi connectivity index (χ1) is 5.15. The van der Waals surface area contributed by atoms with Crippen molar-refractivity contribution in [2.24, 2.45) is 0 Å². The molecule has 11 heavy (non-hydrogen) atoms. The van der Waals surface area contributed by atoms with Crippen LogP contribution in [0.4, 0.5) is 0 Å². The Balaban J connectivity index is 3.02. The van der Waals surface area contributed by atoms with Gasteiger partial charge in [-0.25, -0.2) is 4.98 Å². The van der Waals surface area contributed by atoms with E-state index >= 15 is 0 Å². The molecule has 1 heterocycles. The topological polar surface area (TPSA) is 12.9 Å². The van der Waals surface area contributed by atoms with Gasteiger partial charge in [0.25, 0.3) is 0 Å². The minimum atomic E-state index is 0.635. The molecule has 0 aliphatic rings. The normalized spacial score (nSPS) is 11.0. The van der Waals surface area contributed by atoms with Gasteiger partial charge in [0, 0.05) is 4.88 Å². The van der Waals surface area contributed by atoms with E-state index < -0.39 is 0 Å². The van der Waals surface area contributed by atoms with Crippen LogP contribution in [0, 0.1) is 6.92 Å². The van der Waals surface area contributed by atoms with E-state index in [0.29, 0.717) is 5.92 Å². The maximum Gasteiger partial charge on any atom is 0.0900 e. The van der Waals surface area contributed by atoms with Gasteiger partial charge in [-0.3, -0.25) is 0 Å². The zero-order valence-electron chi connectivity index (χ0n) is 7.64. The SMILES string of the molecule is CCc1nc(C)sc1C(C)C. The van der Waals surface area contributed by atoms with Crippen LogP contribution in [0.25, 0.3) is 0 Å². The molecular weight excluding hydrogens is 154 g/mol. The number of hydrogen-bond donors (Lipinski definition) is 0. The molecule has 0 radical (unpaired) electrons. The summed E-state index contributed by atoms with van der Waals surface area (Å²) < 4.78 is 0. The summed E-state index contributed by atoms with van der Waals surface area (Å²) >= 11 is 1.84. The fraction of sp³-hybridized carbons (Fsp3) is 0.667. The quantitative estimate of drug-likeness (QED) is 0.662. The Labute approximate surface area is 72.5 Å². The Bertz CT molecular complexity index is 238. The third kappa shape index (κ3) is 1.80. The Morgan fingerprint density at radius 3 is 2.45 bits per heavy atom. The van der Waals surface area contributed by atoms with E-state index in [1.165, 1.54) is 15.6 Å². The van der Waals surface area contributed by atoms with Crippen molar-refractivity contribution in [2.75, 3.05) is 0 Å². The lowest BCUT2D eigenvalue weighted by molar-refractivity contribution is 0.855. The highest BCUT2D eigenvalue weighted by atomic mass is 32.1. The molecule has 0 spiro atoms. The number of nitrogens with zero attached hydrogens (tertiary/aromatic N) is 1. The maximum atomic E-state index is 4.47. The van der Waals surface area contributed by atoms with Crippen LogP contribution in [0.2, 0.25) is 0 Å². The van der Waals surface area contributed by atoms with Crippen LogP contribution in [-0.4, -0.2) is 4.98 Å². The predicted molar refractivity (Wildman–Crippen MR) is 50.3 cm³/mol. The summed E-state index contributed by atoms with van der Waals surface area (Å²) in [6.45, 7) is 8.70. The van der Waals surface area contributed by atoms with Gasteiger partial charge in [0.15, 0.2) is 0 Å². The summed E-state index contributed by atoms with van der Waals surface area (Å²) in [4.78, 5) is 5.93. The fourth-order valence-corrected chi connectivity index (χ4v) is 2.21. The summed E-state index contributed by atoms with van der Waals surface area (Å²) in [7, 11) is 0. The van der Waals surface area contributed by atoms with Crippen LogP contribution >= 0.6 is 11.3 Å². The van der Waals surface area contributed by atoms with Crippen LogP contribution in [0.3, 0.4) is 0 Å². The Kier molecular flexibility index (Phi) is 2.66. The van der Waals surface area contributed by atoms with E-state index in [9.17, 15) is 0 Å². The lowest BCUT2D eigenvalue weighted by atomic mass is 10.1. The summed E-state index contributed by atoms with van der Waals surface area (Å²) in [6, 6.07) is 0. The van der Waals surface area contributed by atoms with Crippen molar-refractivity contribution in [3.63, 3.8) is 0 Å². The van der Waals surface area contributed by atoms with Crippen molar-refractivity contribution in [1.29, 1.82) is 0 Å². The molecule has 0 aromatic carbocycles. The van der Waals surface area contributed by atoms with Gasteiger partial charge in [-0.2, -0.15) is 0 Å². The molecule has 62 valence electrons. The van der Waals surface area contributed by atoms with Crippen molar-refractivity contribution in [3.05, 3.63) is 15.6 Å². The number of hydrogen-bond acceptors (Lipinski definition) is 2. The molecule has 2 heteroatoms. The summed E-state index contributed by atoms with van der Waals surface area (Å²) in [5, 5.41) is 1.20. The monoisotopic (exact) mass is 169 g/mol. The van der Waals surface area contributed by atoms with Gasteiger partial charge in [0.2, 0.25) is 0 Å². The summed E-state index contributed by atoms with van der Waals surface area (Å²) in [5.41, 5.74) is 1.29. The van der Waals surface area contributed by atoms with Gasteiger partial charge in [0.1, 0.15) is 0 Å². The van der Waals surface area contributed by atoms with Crippen molar-refractivity contribution >= 4 is 11.3 Å². The number of aromatic nitrogens is 1. The fourth-order valence-electron chi connectivity index (χ4n) is 1.19. The van der Waals surface area contributed by atoms with Crippen LogP contribution in [0.15, 0.2) is 0 Å². The van der Waals surface area contributed by atoms with Gasteiger partial charge in [-0.1, -0.05) is 20.8 Å². The first-order valence-electron chi connectivity index (χ1n) is 4.11. The van der Waals surface area contributed by atoms with Gasteiger partial charge < -0.3 is 0 Å². The van der Waals surface area contributed by atoms with Gasteiger partial charge in [0.05, 0.1) is 10.7 Å². The second-order valence-electron chi connectivity index (χ2n) is 3.05. The highest BCUT2D eigenvalue weighted by Crippen LogP contribution is 2.26. The van der Waals surface area contributed by atoms with E-state index in [-0.39, 0.29) is 0 Å². The van der Waals surface area contributed by atoms with Crippen molar-refractivity contribution in [2.45, 2.75) is 40.0 Å². The molecule has 0 amide bonds. The molecular formula is C9H15NS. The maximum absolute atomic E-state index is 4.47. The molecule has 0 unspecified atom stereocenters. The molecule has 0 atom stereocenters. The minimum Gasteiger partial charge on any atom is -0.246 e. The van der Waals surface area contributed by atoms with Crippen LogP contribution in [0.1, 0.15) is 42.3 Å². The third-order valence-electron chi connectivity index (χ3n) is 1.69. The van der Waals surface area contributed by atoms with E-state index in [1.54, 1.807) is 0 Å². The lowest BCUT2D eigenvalue weighted by Gasteiger charge is -2.01. The molecule has 0 saturated heterocycles. The first kappa shape index (κ1) is 8.72. The molecule has 1 nitrogen and oxygen atoms in total. The molecule has 0 aliphatic carbocycles. The predicted octanol–water partition coefficient (Wildman–Crippen LogP) is 3.14. The molecule has 1 aromatic rings. The molecule has 0 bridgehead atoms. The second kappa shape index (κ2) is 3.35. The first-order valence-corrected chi connectivity index (χ1v) is 4.93. The molecule has 0 fully saturated rings. The zero-order chi connectivity index (χ0) is 8.43. The molecule has 0 N–H and O–H groups in total. The smallest absolute Gasteiger partial charge is 0.0900 e. The highest BCUT2D eigenvalue weighted by molar-refractivity contribution is 7.11. The van der Waals surface area contributed by atoms with Crippen LogP contribution in [0.5, 0.6) is 0 Å². The second-order valence-corrected chi connectivity index (χ2v) is 4.29. The Morgan fingerprint density at radius 2 is 2.09 bits per heavy atom. The average Bonchev–Trinajstić information content (AvgIpc) is 2.30. The van der Waals surface area contributed by atoms with Gasteiger partial charge >= 0.3 is 0 Å². The van der Waals surface area contributed by atoms with Gasteiger partial charge in [-0.05, 0) is 19.3 Å². The minimum absolute atomic E-state index is 0.635. The summed E-state index contributed by atoms with van der Waals surface area (Å²) in [5.74, 6) is 0.635. The molecule has 1 rings (SSSR count). The average molecular weight is 169 g/mol. The lowest BCUT2D eigenvalue weighted by Crippen LogP contribution is -1.89. The number of aryl methyl sites for hydroxylation is 2. The van der Waals surface area contributed by atoms with Crippen molar-refractivity contribution in [3.8, 4) is 0 Å². The van der Waals surface area contributed by atoms with Gasteiger partial charge in [-0.15, -0.1) is 11.3 Å². The van der Waals surface area contributed by atoms with E-state index in [2.05, 4.69) is 32.7 Å². The Morgan fingerprint density at radius 1 is 1.45 bits per heavy atom. The molecule has 0 saturated carbocycles. The van der Waals surface area contributed by atoms with Crippen molar-refractivity contribution < 1.29 is 0 Å². The van der Waals surface area contributed by atoms with Crippen molar-refractivity contribution in [1.82, 2.24) is 4.98 Å². The Hall–Kier alpha value is -0.370. The molecule has 1 aromatic heterocycles. The van der Waals surface area contributed by atoms with E-state index in [1.807, 2.05) is 11.3 Å². The number of thiazole rings is 1. The van der Waals surface area contributed by atoms with Crippen LogP contribution in [-0.2, 0) is 6.42 Å². The molecule has 0 aliphatic heterocycles. The standard InChI is InChI=1S/C9H15NS/c1-5-8-9(6(2)3)11-7(4)10-8/h6H,5H2,1-4H3. The third-order valence-corrected chi connectivity index (χ3v) is 3.01. The highest BCUT2D eigenvalue weighted by Gasteiger charge is 2.09. The van der Waals surface area contributed by atoms with E-state index in [4.69, 9.17) is 0 Å².